The van der Waals surface area contributed by atoms with Gasteiger partial charge < -0.3 is 15.6 Å². The largest absolute Gasteiger partial charge is 0.351 e. The molecule has 2 bridgehead atoms. The van der Waals surface area contributed by atoms with Gasteiger partial charge in [0.15, 0.2) is 0 Å². The molecular weight excluding hydrogens is 264 g/mol. The lowest BCUT2D eigenvalue weighted by atomic mass is 9.84. The van der Waals surface area contributed by atoms with Crippen molar-refractivity contribution >= 4 is 5.91 Å². The number of amides is 1. The molecule has 3 fully saturated rings. The molecule has 21 heavy (non-hydrogen) atoms. The Morgan fingerprint density at radius 1 is 1.24 bits per heavy atom. The van der Waals surface area contributed by atoms with Crippen molar-refractivity contribution in [3.63, 3.8) is 0 Å². The predicted octanol–water partition coefficient (Wildman–Crippen LogP) is 1.47. The molecule has 0 aromatic carbocycles. The van der Waals surface area contributed by atoms with Crippen LogP contribution in [0.25, 0.3) is 0 Å². The first-order chi connectivity index (χ1) is 10.2. The molecule has 3 aliphatic carbocycles. The van der Waals surface area contributed by atoms with E-state index in [0.29, 0.717) is 17.9 Å². The van der Waals surface area contributed by atoms with Crippen LogP contribution in [0, 0.1) is 17.8 Å². The van der Waals surface area contributed by atoms with Crippen molar-refractivity contribution in [3.8, 4) is 0 Å². The van der Waals surface area contributed by atoms with Gasteiger partial charge in [-0.2, -0.15) is 0 Å². The van der Waals surface area contributed by atoms with Crippen LogP contribution in [0.4, 0.5) is 0 Å². The van der Waals surface area contributed by atoms with E-state index in [9.17, 15) is 4.79 Å². The fourth-order valence-electron chi connectivity index (χ4n) is 4.94. The zero-order valence-electron chi connectivity index (χ0n) is 12.3. The van der Waals surface area contributed by atoms with Gasteiger partial charge >= 0.3 is 0 Å². The number of nitrogens with one attached hydrogen (secondary N) is 1. The standard InChI is InChI=1S/C16H24N4O/c17-15-11-5-4-10(8-11)14(15)16(21)19-12-2-1-3-13(12)20-7-6-18-9-20/h6-7,9-15H,1-5,8,17H2,(H,19,21). The highest BCUT2D eigenvalue weighted by Gasteiger charge is 2.49. The van der Waals surface area contributed by atoms with Gasteiger partial charge in [-0.25, -0.2) is 4.98 Å². The number of nitrogens with zero attached hydrogens (tertiary/aromatic N) is 2. The van der Waals surface area contributed by atoms with E-state index in [-0.39, 0.29) is 23.9 Å². The number of rotatable bonds is 3. The third-order valence-corrected chi connectivity index (χ3v) is 6.00. The van der Waals surface area contributed by atoms with E-state index in [0.717, 1.165) is 25.7 Å². The summed E-state index contributed by atoms with van der Waals surface area (Å²) in [5.74, 6) is 1.36. The van der Waals surface area contributed by atoms with E-state index in [2.05, 4.69) is 14.9 Å². The van der Waals surface area contributed by atoms with E-state index in [1.165, 1.54) is 12.8 Å². The van der Waals surface area contributed by atoms with Gasteiger partial charge in [0.05, 0.1) is 18.3 Å². The molecule has 3 N–H and O–H groups in total. The molecule has 5 heteroatoms. The van der Waals surface area contributed by atoms with E-state index in [1.807, 2.05) is 18.7 Å². The summed E-state index contributed by atoms with van der Waals surface area (Å²) in [6, 6.07) is 0.668. The first-order valence-corrected chi connectivity index (χ1v) is 8.27. The number of fused-ring (bicyclic) bond motifs is 2. The lowest BCUT2D eigenvalue weighted by Gasteiger charge is -2.30. The minimum Gasteiger partial charge on any atom is -0.351 e. The number of carbonyl (C=O) groups is 1. The van der Waals surface area contributed by atoms with Crippen molar-refractivity contribution in [3.05, 3.63) is 18.7 Å². The Bertz CT molecular complexity index is 512. The number of hydrogen-bond donors (Lipinski definition) is 2. The minimum absolute atomic E-state index is 0.0489. The van der Waals surface area contributed by atoms with Gasteiger partial charge in [-0.05, 0) is 50.4 Å². The highest BCUT2D eigenvalue weighted by molar-refractivity contribution is 5.80. The SMILES string of the molecule is NC1C2CCC(C2)C1C(=O)NC1CCCC1n1ccnc1. The van der Waals surface area contributed by atoms with Crippen LogP contribution in [0.5, 0.6) is 0 Å². The second-order valence-corrected chi connectivity index (χ2v) is 7.06. The molecule has 1 amide bonds. The average Bonchev–Trinajstić information content (AvgIpc) is 3.22. The molecule has 5 nitrogen and oxygen atoms in total. The number of aromatic nitrogens is 2. The summed E-state index contributed by atoms with van der Waals surface area (Å²) in [5.41, 5.74) is 6.29. The second kappa shape index (κ2) is 5.13. The van der Waals surface area contributed by atoms with Gasteiger partial charge in [-0.15, -0.1) is 0 Å². The molecule has 0 spiro atoms. The van der Waals surface area contributed by atoms with Crippen molar-refractivity contribution < 1.29 is 4.79 Å². The van der Waals surface area contributed by atoms with E-state index in [4.69, 9.17) is 5.73 Å². The summed E-state index contributed by atoms with van der Waals surface area (Å²) in [4.78, 5) is 16.8. The molecule has 0 radical (unpaired) electrons. The minimum atomic E-state index is 0.0489. The Hall–Kier alpha value is -1.36. The van der Waals surface area contributed by atoms with Crippen LogP contribution in [0.1, 0.15) is 44.6 Å². The Kier molecular flexibility index (Phi) is 3.25. The number of hydrogen-bond acceptors (Lipinski definition) is 3. The van der Waals surface area contributed by atoms with Crippen LogP contribution < -0.4 is 11.1 Å². The van der Waals surface area contributed by atoms with E-state index in [1.54, 1.807) is 0 Å². The average molecular weight is 288 g/mol. The molecule has 6 atom stereocenters. The highest BCUT2D eigenvalue weighted by Crippen LogP contribution is 2.47. The topological polar surface area (TPSA) is 72.9 Å². The molecule has 1 aromatic heterocycles. The van der Waals surface area contributed by atoms with Crippen molar-refractivity contribution in [2.24, 2.45) is 23.5 Å². The van der Waals surface area contributed by atoms with Crippen LogP contribution in [0.3, 0.4) is 0 Å². The third-order valence-electron chi connectivity index (χ3n) is 6.00. The summed E-state index contributed by atoms with van der Waals surface area (Å²) in [7, 11) is 0. The molecule has 3 aliphatic rings. The molecule has 1 aromatic rings. The molecule has 6 unspecified atom stereocenters. The maximum absolute atomic E-state index is 12.7. The monoisotopic (exact) mass is 288 g/mol. The van der Waals surface area contributed by atoms with Crippen molar-refractivity contribution in [2.45, 2.75) is 56.7 Å². The Morgan fingerprint density at radius 2 is 2.10 bits per heavy atom. The molecular formula is C16H24N4O. The zero-order chi connectivity index (χ0) is 14.4. The van der Waals surface area contributed by atoms with Gasteiger partial charge in [-0.3, -0.25) is 4.79 Å². The summed E-state index contributed by atoms with van der Waals surface area (Å²) in [5, 5.41) is 3.31. The summed E-state index contributed by atoms with van der Waals surface area (Å²) in [6.45, 7) is 0. The molecule has 0 aliphatic heterocycles. The fraction of sp³-hybridized carbons (Fsp3) is 0.750. The van der Waals surface area contributed by atoms with Crippen LogP contribution in [-0.2, 0) is 4.79 Å². The molecule has 4 rings (SSSR count). The highest BCUT2D eigenvalue weighted by atomic mass is 16.2. The van der Waals surface area contributed by atoms with Crippen LogP contribution in [-0.4, -0.2) is 27.5 Å². The Labute approximate surface area is 125 Å². The van der Waals surface area contributed by atoms with Crippen molar-refractivity contribution in [1.29, 1.82) is 0 Å². The van der Waals surface area contributed by atoms with Gasteiger partial charge in [0.1, 0.15) is 0 Å². The van der Waals surface area contributed by atoms with Crippen LogP contribution >= 0.6 is 0 Å². The zero-order valence-corrected chi connectivity index (χ0v) is 12.3. The Balaban J connectivity index is 1.44. The summed E-state index contributed by atoms with van der Waals surface area (Å²) in [6.07, 6.45) is 12.6. The van der Waals surface area contributed by atoms with Crippen molar-refractivity contribution in [1.82, 2.24) is 14.9 Å². The molecule has 114 valence electrons. The van der Waals surface area contributed by atoms with Gasteiger partial charge in [0.25, 0.3) is 0 Å². The Morgan fingerprint density at radius 3 is 2.81 bits per heavy atom. The predicted molar refractivity (Wildman–Crippen MR) is 79.3 cm³/mol. The normalized spacial score (nSPS) is 41.6. The smallest absolute Gasteiger partial charge is 0.225 e. The number of nitrogens with two attached hydrogens (primary N) is 1. The maximum atomic E-state index is 12.7. The van der Waals surface area contributed by atoms with E-state index < -0.39 is 0 Å². The molecule has 1 heterocycles. The summed E-state index contributed by atoms with van der Waals surface area (Å²) < 4.78 is 2.14. The number of carbonyl (C=O) groups excluding carboxylic acids is 1. The number of imidazole rings is 1. The molecule has 0 saturated heterocycles. The quantitative estimate of drug-likeness (QED) is 0.884. The second-order valence-electron chi connectivity index (χ2n) is 7.06. The molecule has 3 saturated carbocycles. The fourth-order valence-corrected chi connectivity index (χ4v) is 4.94. The lowest BCUT2D eigenvalue weighted by molar-refractivity contribution is -0.128. The lowest BCUT2D eigenvalue weighted by Crippen LogP contribution is -2.49. The maximum Gasteiger partial charge on any atom is 0.225 e. The summed E-state index contributed by atoms with van der Waals surface area (Å²) >= 11 is 0. The third kappa shape index (κ3) is 2.18. The van der Waals surface area contributed by atoms with Crippen LogP contribution in [0.15, 0.2) is 18.7 Å². The van der Waals surface area contributed by atoms with Gasteiger partial charge in [0.2, 0.25) is 5.91 Å². The first kappa shape index (κ1) is 13.3. The van der Waals surface area contributed by atoms with Crippen molar-refractivity contribution in [2.75, 3.05) is 0 Å². The van der Waals surface area contributed by atoms with Crippen LogP contribution in [0.2, 0.25) is 0 Å². The van der Waals surface area contributed by atoms with E-state index >= 15 is 0 Å². The van der Waals surface area contributed by atoms with Gasteiger partial charge in [-0.1, -0.05) is 0 Å². The van der Waals surface area contributed by atoms with Gasteiger partial charge in [0, 0.05) is 24.5 Å². The first-order valence-electron chi connectivity index (χ1n) is 8.27.